The van der Waals surface area contributed by atoms with Crippen LogP contribution in [0.3, 0.4) is 0 Å². The van der Waals surface area contributed by atoms with Crippen LogP contribution in [0.15, 0.2) is 16.6 Å². The average molecular weight is 255 g/mol. The number of nitro benzene ring substituents is 1. The standard InChI is InChI=1S/C9H7BrN2O2/c1-6-8(12(13)14)3-2-7(4-5-11)9(6)10/h2-3H,4H2,1H3. The molecule has 0 saturated heterocycles. The molecule has 14 heavy (non-hydrogen) atoms. The smallest absolute Gasteiger partial charge is 0.258 e. The summed E-state index contributed by atoms with van der Waals surface area (Å²) in [7, 11) is 0. The van der Waals surface area contributed by atoms with E-state index in [0.717, 1.165) is 5.56 Å². The first-order valence-corrected chi connectivity index (χ1v) is 4.66. The second-order valence-electron chi connectivity index (χ2n) is 2.77. The van der Waals surface area contributed by atoms with Crippen molar-refractivity contribution in [1.82, 2.24) is 0 Å². The van der Waals surface area contributed by atoms with Gasteiger partial charge in [-0.05, 0) is 28.4 Å². The van der Waals surface area contributed by atoms with Crippen molar-refractivity contribution in [2.45, 2.75) is 13.3 Å². The fourth-order valence-corrected chi connectivity index (χ4v) is 1.63. The molecule has 0 aliphatic rings. The summed E-state index contributed by atoms with van der Waals surface area (Å²) in [5.41, 5.74) is 1.40. The van der Waals surface area contributed by atoms with Crippen LogP contribution in [0.1, 0.15) is 11.1 Å². The fourth-order valence-electron chi connectivity index (χ4n) is 1.15. The van der Waals surface area contributed by atoms with E-state index < -0.39 is 4.92 Å². The Balaban J connectivity index is 3.27. The molecular formula is C9H7BrN2O2. The number of hydrogen-bond donors (Lipinski definition) is 0. The maximum atomic E-state index is 10.6. The molecule has 1 aromatic carbocycles. The van der Waals surface area contributed by atoms with Gasteiger partial charge in [0.2, 0.25) is 0 Å². The molecule has 0 radical (unpaired) electrons. The van der Waals surface area contributed by atoms with Crippen molar-refractivity contribution >= 4 is 21.6 Å². The minimum atomic E-state index is -0.434. The monoisotopic (exact) mass is 254 g/mol. The third-order valence-corrected chi connectivity index (χ3v) is 3.01. The number of benzene rings is 1. The molecule has 0 aliphatic carbocycles. The van der Waals surface area contributed by atoms with Gasteiger partial charge in [0.05, 0.1) is 17.4 Å². The van der Waals surface area contributed by atoms with E-state index in [9.17, 15) is 10.1 Å². The lowest BCUT2D eigenvalue weighted by Crippen LogP contribution is -1.95. The van der Waals surface area contributed by atoms with E-state index >= 15 is 0 Å². The number of nitrogens with zero attached hydrogens (tertiary/aromatic N) is 2. The minimum Gasteiger partial charge on any atom is -0.258 e. The Morgan fingerprint density at radius 1 is 1.64 bits per heavy atom. The zero-order valence-electron chi connectivity index (χ0n) is 7.45. The molecule has 0 aliphatic heterocycles. The summed E-state index contributed by atoms with van der Waals surface area (Å²) >= 11 is 3.24. The second-order valence-corrected chi connectivity index (χ2v) is 3.57. The zero-order valence-corrected chi connectivity index (χ0v) is 9.04. The van der Waals surface area contributed by atoms with Crippen molar-refractivity contribution in [1.29, 1.82) is 5.26 Å². The molecule has 0 unspecified atom stereocenters. The number of halogens is 1. The van der Waals surface area contributed by atoms with E-state index in [0.29, 0.717) is 10.0 Å². The van der Waals surface area contributed by atoms with Gasteiger partial charge in [-0.2, -0.15) is 5.26 Å². The molecule has 1 aromatic rings. The molecule has 0 fully saturated rings. The van der Waals surface area contributed by atoms with Crippen molar-refractivity contribution < 1.29 is 4.92 Å². The summed E-state index contributed by atoms with van der Waals surface area (Å²) in [5, 5.41) is 19.1. The maximum Gasteiger partial charge on any atom is 0.273 e. The first-order chi connectivity index (χ1) is 6.57. The van der Waals surface area contributed by atoms with Crippen LogP contribution in [0, 0.1) is 28.4 Å². The molecule has 0 bridgehead atoms. The number of rotatable bonds is 2. The Kier molecular flexibility index (Phi) is 3.20. The first-order valence-electron chi connectivity index (χ1n) is 3.87. The van der Waals surface area contributed by atoms with Crippen LogP contribution in [0.5, 0.6) is 0 Å². The third-order valence-electron chi connectivity index (χ3n) is 1.90. The van der Waals surface area contributed by atoms with Crippen molar-refractivity contribution in [2.75, 3.05) is 0 Å². The predicted octanol–water partition coefficient (Wildman–Crippen LogP) is 2.73. The van der Waals surface area contributed by atoms with E-state index in [1.165, 1.54) is 6.07 Å². The highest BCUT2D eigenvalue weighted by Gasteiger charge is 2.14. The molecule has 4 nitrogen and oxygen atoms in total. The van der Waals surface area contributed by atoms with Gasteiger partial charge < -0.3 is 0 Å². The first kappa shape index (κ1) is 10.7. The Morgan fingerprint density at radius 2 is 2.29 bits per heavy atom. The Hall–Kier alpha value is -1.41. The highest BCUT2D eigenvalue weighted by atomic mass is 79.9. The highest BCUT2D eigenvalue weighted by Crippen LogP contribution is 2.29. The van der Waals surface area contributed by atoms with E-state index in [1.54, 1.807) is 13.0 Å². The van der Waals surface area contributed by atoms with Crippen LogP contribution in [0.4, 0.5) is 5.69 Å². The maximum absolute atomic E-state index is 10.6. The Labute approximate surface area is 89.4 Å². The minimum absolute atomic E-state index is 0.0681. The molecule has 0 saturated carbocycles. The number of nitro groups is 1. The fraction of sp³-hybridized carbons (Fsp3) is 0.222. The van der Waals surface area contributed by atoms with Gasteiger partial charge in [0.25, 0.3) is 5.69 Å². The second kappa shape index (κ2) is 4.20. The van der Waals surface area contributed by atoms with Crippen LogP contribution in [0.2, 0.25) is 0 Å². The molecule has 0 heterocycles. The van der Waals surface area contributed by atoms with E-state index in [4.69, 9.17) is 5.26 Å². The summed E-state index contributed by atoms with van der Waals surface area (Å²) in [6.07, 6.45) is 0.249. The van der Waals surface area contributed by atoms with Crippen molar-refractivity contribution in [3.8, 4) is 6.07 Å². The van der Waals surface area contributed by atoms with Gasteiger partial charge in [0, 0.05) is 16.1 Å². The van der Waals surface area contributed by atoms with Gasteiger partial charge in [-0.25, -0.2) is 0 Å². The largest absolute Gasteiger partial charge is 0.273 e. The van der Waals surface area contributed by atoms with Crippen LogP contribution < -0.4 is 0 Å². The summed E-state index contributed by atoms with van der Waals surface area (Å²) in [4.78, 5) is 10.1. The lowest BCUT2D eigenvalue weighted by atomic mass is 10.1. The topological polar surface area (TPSA) is 66.9 Å². The van der Waals surface area contributed by atoms with Crippen LogP contribution in [-0.4, -0.2) is 4.92 Å². The SMILES string of the molecule is Cc1c([N+](=O)[O-])ccc(CC#N)c1Br. The molecule has 72 valence electrons. The van der Waals surface area contributed by atoms with Gasteiger partial charge in [-0.3, -0.25) is 10.1 Å². The molecule has 0 spiro atoms. The zero-order chi connectivity index (χ0) is 10.7. The quantitative estimate of drug-likeness (QED) is 0.602. The summed E-state index contributed by atoms with van der Waals surface area (Å²) in [6, 6.07) is 5.02. The van der Waals surface area contributed by atoms with Gasteiger partial charge in [0.15, 0.2) is 0 Å². The molecule has 1 rings (SSSR count). The Bertz CT molecular complexity index is 424. The van der Waals surface area contributed by atoms with Gasteiger partial charge in [-0.15, -0.1) is 0 Å². The third kappa shape index (κ3) is 1.91. The summed E-state index contributed by atoms with van der Waals surface area (Å²) in [5.74, 6) is 0. The van der Waals surface area contributed by atoms with E-state index in [1.807, 2.05) is 6.07 Å². The van der Waals surface area contributed by atoms with E-state index in [-0.39, 0.29) is 12.1 Å². The predicted molar refractivity (Wildman–Crippen MR) is 54.9 cm³/mol. The van der Waals surface area contributed by atoms with Crippen molar-refractivity contribution in [3.05, 3.63) is 37.8 Å². The molecule has 5 heteroatoms. The molecule has 0 N–H and O–H groups in total. The summed E-state index contributed by atoms with van der Waals surface area (Å²) in [6.45, 7) is 1.66. The average Bonchev–Trinajstić information content (AvgIpc) is 2.13. The van der Waals surface area contributed by atoms with Gasteiger partial charge in [0.1, 0.15) is 0 Å². The van der Waals surface area contributed by atoms with Crippen molar-refractivity contribution in [3.63, 3.8) is 0 Å². The van der Waals surface area contributed by atoms with Crippen LogP contribution in [-0.2, 0) is 6.42 Å². The van der Waals surface area contributed by atoms with Gasteiger partial charge >= 0.3 is 0 Å². The summed E-state index contributed by atoms with van der Waals surface area (Å²) < 4.78 is 0.647. The molecule has 0 atom stereocenters. The van der Waals surface area contributed by atoms with Crippen LogP contribution in [0.25, 0.3) is 0 Å². The number of nitriles is 1. The normalized spacial score (nSPS) is 9.50. The molecule has 0 aromatic heterocycles. The van der Waals surface area contributed by atoms with Crippen molar-refractivity contribution in [2.24, 2.45) is 0 Å². The molecule has 0 amide bonds. The lowest BCUT2D eigenvalue weighted by Gasteiger charge is -2.03. The number of hydrogen-bond acceptors (Lipinski definition) is 3. The lowest BCUT2D eigenvalue weighted by molar-refractivity contribution is -0.385. The molecular weight excluding hydrogens is 248 g/mol. The Morgan fingerprint density at radius 3 is 2.79 bits per heavy atom. The van der Waals surface area contributed by atoms with Crippen LogP contribution >= 0.6 is 15.9 Å². The van der Waals surface area contributed by atoms with Gasteiger partial charge in [-0.1, -0.05) is 6.07 Å². The highest BCUT2D eigenvalue weighted by molar-refractivity contribution is 9.10. The van der Waals surface area contributed by atoms with E-state index in [2.05, 4.69) is 15.9 Å².